The zero-order valence-electron chi connectivity index (χ0n) is 8.12. The van der Waals surface area contributed by atoms with E-state index < -0.39 is 22.0 Å². The van der Waals surface area contributed by atoms with Crippen LogP contribution in [0.5, 0.6) is 0 Å². The molecular weight excluding hydrogens is 216 g/mol. The van der Waals surface area contributed by atoms with Crippen LogP contribution >= 0.6 is 0 Å². The highest BCUT2D eigenvalue weighted by atomic mass is 16.6. The molecule has 1 aromatic rings. The molecule has 0 aliphatic carbocycles. The molecule has 0 amide bonds. The van der Waals surface area contributed by atoms with Gasteiger partial charge in [-0.3, -0.25) is 14.9 Å². The fourth-order valence-corrected chi connectivity index (χ4v) is 1.04. The van der Waals surface area contributed by atoms with Crippen molar-refractivity contribution < 1.29 is 14.8 Å². The molecule has 0 aromatic carbocycles. The number of carboxylic acid groups (broad SMARTS) is 1. The SMILES string of the molecule is C=C(Cn1ccc(=O)c([N+](=O)[O-])c1)C(=O)O. The van der Waals surface area contributed by atoms with Gasteiger partial charge in [-0.15, -0.1) is 0 Å². The van der Waals surface area contributed by atoms with Crippen LogP contribution < -0.4 is 5.43 Å². The summed E-state index contributed by atoms with van der Waals surface area (Å²) >= 11 is 0. The van der Waals surface area contributed by atoms with E-state index in [2.05, 4.69) is 6.58 Å². The monoisotopic (exact) mass is 224 g/mol. The molecule has 0 unspecified atom stereocenters. The predicted molar refractivity (Wildman–Crippen MR) is 54.1 cm³/mol. The summed E-state index contributed by atoms with van der Waals surface area (Å²) in [5.74, 6) is -1.19. The van der Waals surface area contributed by atoms with Crippen LogP contribution in [0.1, 0.15) is 0 Å². The van der Waals surface area contributed by atoms with Crippen LogP contribution in [-0.2, 0) is 11.3 Å². The van der Waals surface area contributed by atoms with Crippen molar-refractivity contribution in [2.24, 2.45) is 0 Å². The minimum atomic E-state index is -1.19. The van der Waals surface area contributed by atoms with Gasteiger partial charge in [0, 0.05) is 17.8 Å². The number of aromatic nitrogens is 1. The van der Waals surface area contributed by atoms with Gasteiger partial charge in [0.05, 0.1) is 17.7 Å². The molecule has 0 fully saturated rings. The Morgan fingerprint density at radius 1 is 1.62 bits per heavy atom. The first-order valence-electron chi connectivity index (χ1n) is 4.17. The van der Waals surface area contributed by atoms with Crippen molar-refractivity contribution in [3.05, 3.63) is 50.9 Å². The first-order valence-corrected chi connectivity index (χ1v) is 4.17. The van der Waals surface area contributed by atoms with E-state index in [-0.39, 0.29) is 12.1 Å². The van der Waals surface area contributed by atoms with E-state index in [1.165, 1.54) is 10.8 Å². The van der Waals surface area contributed by atoms with Crippen LogP contribution in [0.25, 0.3) is 0 Å². The lowest BCUT2D eigenvalue weighted by atomic mass is 10.3. The summed E-state index contributed by atoms with van der Waals surface area (Å²) in [5, 5.41) is 19.0. The Labute approximate surface area is 89.4 Å². The van der Waals surface area contributed by atoms with Crippen molar-refractivity contribution in [1.82, 2.24) is 4.57 Å². The highest BCUT2D eigenvalue weighted by Gasteiger charge is 2.12. The molecule has 0 spiro atoms. The summed E-state index contributed by atoms with van der Waals surface area (Å²) in [6.07, 6.45) is 2.25. The number of carboxylic acids is 1. The molecule has 16 heavy (non-hydrogen) atoms. The van der Waals surface area contributed by atoms with Crippen molar-refractivity contribution in [3.63, 3.8) is 0 Å². The van der Waals surface area contributed by atoms with Crippen LogP contribution in [-0.4, -0.2) is 20.6 Å². The van der Waals surface area contributed by atoms with E-state index in [1.807, 2.05) is 0 Å². The Hall–Kier alpha value is -2.44. The molecular formula is C9H8N2O5. The third-order valence-electron chi connectivity index (χ3n) is 1.83. The van der Waals surface area contributed by atoms with Gasteiger partial charge in [-0.1, -0.05) is 6.58 Å². The van der Waals surface area contributed by atoms with E-state index in [0.29, 0.717) is 0 Å². The summed E-state index contributed by atoms with van der Waals surface area (Å²) in [4.78, 5) is 31.1. The van der Waals surface area contributed by atoms with Gasteiger partial charge in [-0.2, -0.15) is 0 Å². The molecule has 0 bridgehead atoms. The number of nitro groups is 1. The minimum Gasteiger partial charge on any atom is -0.478 e. The normalized spacial score (nSPS) is 9.75. The molecule has 0 saturated carbocycles. The van der Waals surface area contributed by atoms with Crippen molar-refractivity contribution in [1.29, 1.82) is 0 Å². The van der Waals surface area contributed by atoms with Gasteiger partial charge in [-0.25, -0.2) is 4.79 Å². The quantitative estimate of drug-likeness (QED) is 0.453. The number of hydrogen-bond acceptors (Lipinski definition) is 4. The second-order valence-electron chi connectivity index (χ2n) is 3.03. The molecule has 0 radical (unpaired) electrons. The predicted octanol–water partition coefficient (Wildman–Crippen LogP) is 0.397. The van der Waals surface area contributed by atoms with E-state index in [9.17, 15) is 19.7 Å². The van der Waals surface area contributed by atoms with Crippen LogP contribution in [0, 0.1) is 10.1 Å². The molecule has 1 rings (SSSR count). The van der Waals surface area contributed by atoms with E-state index in [4.69, 9.17) is 5.11 Å². The first kappa shape index (κ1) is 11.6. The highest BCUT2D eigenvalue weighted by molar-refractivity contribution is 5.85. The van der Waals surface area contributed by atoms with Crippen molar-refractivity contribution in [3.8, 4) is 0 Å². The Bertz CT molecular complexity index is 517. The maximum Gasteiger partial charge on any atom is 0.332 e. The number of nitrogens with zero attached hydrogens (tertiary/aromatic N) is 2. The van der Waals surface area contributed by atoms with Gasteiger partial charge in [0.25, 0.3) is 5.43 Å². The average Bonchev–Trinajstić information content (AvgIpc) is 2.20. The summed E-state index contributed by atoms with van der Waals surface area (Å²) in [6, 6.07) is 1.01. The topological polar surface area (TPSA) is 102 Å². The maximum atomic E-state index is 11.0. The lowest BCUT2D eigenvalue weighted by molar-refractivity contribution is -0.386. The third-order valence-corrected chi connectivity index (χ3v) is 1.83. The number of carbonyl (C=O) groups is 1. The second kappa shape index (κ2) is 4.39. The fraction of sp³-hybridized carbons (Fsp3) is 0.111. The van der Waals surface area contributed by atoms with E-state index >= 15 is 0 Å². The zero-order valence-corrected chi connectivity index (χ0v) is 8.12. The third kappa shape index (κ3) is 2.53. The number of pyridine rings is 1. The molecule has 1 N–H and O–H groups in total. The first-order chi connectivity index (χ1) is 7.41. The second-order valence-corrected chi connectivity index (χ2v) is 3.03. The van der Waals surface area contributed by atoms with Gasteiger partial charge in [0.15, 0.2) is 0 Å². The Balaban J connectivity index is 3.04. The molecule has 1 aromatic heterocycles. The molecule has 7 heteroatoms. The highest BCUT2D eigenvalue weighted by Crippen LogP contribution is 2.04. The summed E-state index contributed by atoms with van der Waals surface area (Å²) < 4.78 is 1.22. The molecule has 0 aliphatic heterocycles. The summed E-state index contributed by atoms with van der Waals surface area (Å²) in [7, 11) is 0. The zero-order chi connectivity index (χ0) is 12.3. The average molecular weight is 224 g/mol. The van der Waals surface area contributed by atoms with Crippen LogP contribution in [0.15, 0.2) is 35.4 Å². The largest absolute Gasteiger partial charge is 0.478 e. The van der Waals surface area contributed by atoms with Crippen LogP contribution in [0.2, 0.25) is 0 Å². The molecule has 1 heterocycles. The van der Waals surface area contributed by atoms with E-state index in [1.54, 1.807) is 0 Å². The van der Waals surface area contributed by atoms with Gasteiger partial charge < -0.3 is 9.67 Å². The number of aliphatic carboxylic acids is 1. The van der Waals surface area contributed by atoms with Gasteiger partial charge in [0.1, 0.15) is 0 Å². The number of rotatable bonds is 4. The molecule has 7 nitrogen and oxygen atoms in total. The molecule has 0 aliphatic rings. The Kier molecular flexibility index (Phi) is 3.19. The summed E-state index contributed by atoms with van der Waals surface area (Å²) in [6.45, 7) is 3.16. The fourth-order valence-electron chi connectivity index (χ4n) is 1.04. The van der Waals surface area contributed by atoms with E-state index in [0.717, 1.165) is 12.3 Å². The Morgan fingerprint density at radius 2 is 2.25 bits per heavy atom. The van der Waals surface area contributed by atoms with Crippen LogP contribution in [0.3, 0.4) is 0 Å². The lowest BCUT2D eigenvalue weighted by Crippen LogP contribution is -2.13. The van der Waals surface area contributed by atoms with Crippen molar-refractivity contribution in [2.75, 3.05) is 0 Å². The maximum absolute atomic E-state index is 11.0. The van der Waals surface area contributed by atoms with Gasteiger partial charge in [0.2, 0.25) is 0 Å². The minimum absolute atomic E-state index is 0.115. The van der Waals surface area contributed by atoms with Crippen molar-refractivity contribution in [2.45, 2.75) is 6.54 Å². The van der Waals surface area contributed by atoms with Gasteiger partial charge >= 0.3 is 11.7 Å². The standard InChI is InChI=1S/C9H8N2O5/c1-6(9(13)14)4-10-3-2-8(12)7(5-10)11(15)16/h2-3,5H,1,4H2,(H,13,14). The van der Waals surface area contributed by atoms with Gasteiger partial charge in [-0.05, 0) is 0 Å². The lowest BCUT2D eigenvalue weighted by Gasteiger charge is -2.04. The smallest absolute Gasteiger partial charge is 0.332 e. The molecule has 0 atom stereocenters. The number of hydrogen-bond donors (Lipinski definition) is 1. The van der Waals surface area contributed by atoms with Crippen LogP contribution in [0.4, 0.5) is 5.69 Å². The molecule has 84 valence electrons. The Morgan fingerprint density at radius 3 is 2.75 bits per heavy atom. The van der Waals surface area contributed by atoms with Crippen molar-refractivity contribution >= 4 is 11.7 Å². The molecule has 0 saturated heterocycles. The summed E-state index contributed by atoms with van der Waals surface area (Å²) in [5.41, 5.74) is -1.44.